The number of halogens is 3. The maximum Gasteiger partial charge on any atom is 0.416 e. The van der Waals surface area contributed by atoms with E-state index in [4.69, 9.17) is 5.11 Å². The monoisotopic (exact) mass is 440 g/mol. The van der Waals surface area contributed by atoms with E-state index in [9.17, 15) is 22.8 Å². The third-order valence-electron chi connectivity index (χ3n) is 5.46. The molecule has 3 amide bonds. The number of thiazole rings is 1. The first-order valence-electron chi connectivity index (χ1n) is 9.30. The van der Waals surface area contributed by atoms with Crippen molar-refractivity contribution >= 4 is 23.5 Å². The van der Waals surface area contributed by atoms with E-state index in [1.807, 2.05) is 6.92 Å². The fraction of sp³-hybridized carbons (Fsp3) is 0.421. The minimum absolute atomic E-state index is 0.104. The largest absolute Gasteiger partial charge is 0.465 e. The second-order valence-electron chi connectivity index (χ2n) is 7.55. The molecule has 2 saturated heterocycles. The summed E-state index contributed by atoms with van der Waals surface area (Å²) >= 11 is 1.27. The maximum atomic E-state index is 12.8. The van der Waals surface area contributed by atoms with Gasteiger partial charge < -0.3 is 14.9 Å². The molecule has 1 aromatic heterocycles. The summed E-state index contributed by atoms with van der Waals surface area (Å²) < 4.78 is 40.0. The third kappa shape index (κ3) is 3.93. The number of alkyl halides is 3. The molecule has 7 nitrogen and oxygen atoms in total. The van der Waals surface area contributed by atoms with Crippen LogP contribution in [0, 0.1) is 18.8 Å². The van der Waals surface area contributed by atoms with Crippen molar-refractivity contribution in [2.45, 2.75) is 13.1 Å². The summed E-state index contributed by atoms with van der Waals surface area (Å²) in [7, 11) is 0. The van der Waals surface area contributed by atoms with Crippen LogP contribution in [0.1, 0.15) is 10.4 Å². The summed E-state index contributed by atoms with van der Waals surface area (Å²) in [6.07, 6.45) is -3.64. The summed E-state index contributed by atoms with van der Waals surface area (Å²) in [4.78, 5) is 32.2. The highest BCUT2D eigenvalue weighted by Gasteiger charge is 2.43. The van der Waals surface area contributed by atoms with E-state index in [1.165, 1.54) is 28.4 Å². The number of benzene rings is 1. The molecule has 0 bridgehead atoms. The van der Waals surface area contributed by atoms with Crippen LogP contribution in [0.5, 0.6) is 0 Å². The number of fused-ring (bicyclic) bond motifs is 1. The van der Waals surface area contributed by atoms with E-state index in [2.05, 4.69) is 4.99 Å². The highest BCUT2D eigenvalue weighted by molar-refractivity contribution is 7.09. The zero-order valence-electron chi connectivity index (χ0n) is 16.0. The van der Waals surface area contributed by atoms with Crippen LogP contribution in [0.3, 0.4) is 0 Å². The molecule has 2 aliphatic heterocycles. The molecule has 30 heavy (non-hydrogen) atoms. The van der Waals surface area contributed by atoms with Crippen molar-refractivity contribution in [1.29, 1.82) is 0 Å². The van der Waals surface area contributed by atoms with Gasteiger partial charge in [0.25, 0.3) is 0 Å². The lowest BCUT2D eigenvalue weighted by molar-refractivity contribution is -0.137. The quantitative estimate of drug-likeness (QED) is 0.738. The molecule has 11 heteroatoms. The fourth-order valence-electron chi connectivity index (χ4n) is 3.99. The average Bonchev–Trinajstić information content (AvgIpc) is 3.34. The fourth-order valence-corrected chi connectivity index (χ4v) is 4.81. The van der Waals surface area contributed by atoms with E-state index in [1.54, 1.807) is 15.7 Å². The Balaban J connectivity index is 1.54. The Morgan fingerprint density at radius 1 is 1.07 bits per heavy atom. The van der Waals surface area contributed by atoms with Crippen LogP contribution in [0.25, 0.3) is 5.69 Å². The minimum Gasteiger partial charge on any atom is -0.465 e. The summed E-state index contributed by atoms with van der Waals surface area (Å²) in [6.45, 7) is 3.54. The van der Waals surface area contributed by atoms with E-state index in [-0.39, 0.29) is 11.8 Å². The molecule has 1 N–H and O–H groups in total. The summed E-state index contributed by atoms with van der Waals surface area (Å²) in [5.41, 5.74) is -0.262. The van der Waals surface area contributed by atoms with E-state index in [0.29, 0.717) is 36.7 Å². The number of carbonyl (C=O) groups excluding carboxylic acids is 1. The SMILES string of the molecule is Cc1cn(-c2ccc(C(F)(F)F)cc2)c(=NC(=O)N2CC3CN(C(=O)O)CC3C2)s1. The molecule has 2 unspecified atom stereocenters. The number of nitrogens with zero attached hydrogens (tertiary/aromatic N) is 4. The molecular formula is C19H19F3N4O3S. The number of urea groups is 1. The average molecular weight is 440 g/mol. The van der Waals surface area contributed by atoms with E-state index < -0.39 is 23.9 Å². The summed E-state index contributed by atoms with van der Waals surface area (Å²) in [6, 6.07) is 4.26. The van der Waals surface area contributed by atoms with Gasteiger partial charge >= 0.3 is 18.3 Å². The van der Waals surface area contributed by atoms with Crippen LogP contribution in [0.15, 0.2) is 35.5 Å². The zero-order valence-corrected chi connectivity index (χ0v) is 16.8. The van der Waals surface area contributed by atoms with Gasteiger partial charge in [0.1, 0.15) is 0 Å². The number of hydrogen-bond acceptors (Lipinski definition) is 3. The molecule has 0 spiro atoms. The van der Waals surface area contributed by atoms with Gasteiger partial charge in [0, 0.05) is 54.8 Å². The molecule has 2 atom stereocenters. The first-order valence-corrected chi connectivity index (χ1v) is 10.1. The predicted molar refractivity (Wildman–Crippen MR) is 102 cm³/mol. The summed E-state index contributed by atoms with van der Waals surface area (Å²) in [5, 5.41) is 9.10. The first-order chi connectivity index (χ1) is 14.1. The molecule has 2 fully saturated rings. The Hall–Kier alpha value is -2.82. The van der Waals surface area contributed by atoms with Gasteiger partial charge in [-0.05, 0) is 31.2 Å². The second kappa shape index (κ2) is 7.46. The van der Waals surface area contributed by atoms with Crippen molar-refractivity contribution in [2.24, 2.45) is 16.8 Å². The Morgan fingerprint density at radius 2 is 1.63 bits per heavy atom. The Morgan fingerprint density at radius 3 is 2.17 bits per heavy atom. The lowest BCUT2D eigenvalue weighted by Gasteiger charge is -2.18. The number of carbonyl (C=O) groups is 2. The lowest BCUT2D eigenvalue weighted by Crippen LogP contribution is -2.34. The van der Waals surface area contributed by atoms with Gasteiger partial charge in [-0.15, -0.1) is 11.3 Å². The van der Waals surface area contributed by atoms with Gasteiger partial charge in [-0.1, -0.05) is 0 Å². The Labute approximate surface area is 173 Å². The highest BCUT2D eigenvalue weighted by Crippen LogP contribution is 2.31. The highest BCUT2D eigenvalue weighted by atomic mass is 32.1. The van der Waals surface area contributed by atoms with Gasteiger partial charge in [0.15, 0.2) is 4.80 Å². The molecule has 4 rings (SSSR count). The molecular weight excluding hydrogens is 421 g/mol. The molecule has 0 radical (unpaired) electrons. The molecule has 2 aromatic rings. The Kier molecular flexibility index (Phi) is 5.08. The number of hydrogen-bond donors (Lipinski definition) is 1. The smallest absolute Gasteiger partial charge is 0.416 e. The van der Waals surface area contributed by atoms with Gasteiger partial charge in [0.2, 0.25) is 0 Å². The molecule has 1 aromatic carbocycles. The van der Waals surface area contributed by atoms with Crippen molar-refractivity contribution in [3.8, 4) is 5.69 Å². The molecule has 2 aliphatic rings. The van der Waals surface area contributed by atoms with Gasteiger partial charge in [-0.25, -0.2) is 9.59 Å². The standard InChI is InChI=1S/C19H19F3N4O3S/c1-11-6-26(15-4-2-14(3-5-15)19(20,21)22)17(30-11)23-16(27)24-7-12-9-25(18(28)29)10-13(12)8-24/h2-6,12-13H,7-10H2,1H3,(H,28,29). The summed E-state index contributed by atoms with van der Waals surface area (Å²) in [5.74, 6) is 0.208. The number of likely N-dealkylation sites (tertiary alicyclic amines) is 2. The topological polar surface area (TPSA) is 78.1 Å². The van der Waals surface area contributed by atoms with Gasteiger partial charge in [-0.3, -0.25) is 4.57 Å². The van der Waals surface area contributed by atoms with E-state index >= 15 is 0 Å². The van der Waals surface area contributed by atoms with Crippen LogP contribution >= 0.6 is 11.3 Å². The van der Waals surface area contributed by atoms with Crippen molar-refractivity contribution in [3.63, 3.8) is 0 Å². The van der Waals surface area contributed by atoms with Crippen LogP contribution < -0.4 is 4.80 Å². The minimum atomic E-state index is -4.42. The van der Waals surface area contributed by atoms with Crippen molar-refractivity contribution in [3.05, 3.63) is 45.7 Å². The van der Waals surface area contributed by atoms with Crippen LogP contribution in [-0.4, -0.2) is 57.8 Å². The number of rotatable bonds is 1. The first kappa shape index (κ1) is 20.5. The number of amides is 3. The van der Waals surface area contributed by atoms with Crippen LogP contribution in [-0.2, 0) is 6.18 Å². The van der Waals surface area contributed by atoms with Crippen LogP contribution in [0.2, 0.25) is 0 Å². The maximum absolute atomic E-state index is 12.8. The van der Waals surface area contributed by atoms with Crippen molar-refractivity contribution in [2.75, 3.05) is 26.2 Å². The molecule has 3 heterocycles. The number of aromatic nitrogens is 1. The van der Waals surface area contributed by atoms with Crippen molar-refractivity contribution < 1.29 is 27.9 Å². The normalized spacial score (nSPS) is 21.9. The Bertz CT molecular complexity index is 1030. The molecule has 0 aliphatic carbocycles. The number of aryl methyl sites for hydroxylation is 1. The van der Waals surface area contributed by atoms with Gasteiger partial charge in [-0.2, -0.15) is 18.2 Å². The van der Waals surface area contributed by atoms with Gasteiger partial charge in [0.05, 0.1) is 5.56 Å². The molecule has 0 saturated carbocycles. The molecule has 160 valence electrons. The third-order valence-corrected chi connectivity index (χ3v) is 6.36. The van der Waals surface area contributed by atoms with Crippen LogP contribution in [0.4, 0.5) is 22.8 Å². The lowest BCUT2D eigenvalue weighted by atomic mass is 10.0. The predicted octanol–water partition coefficient (Wildman–Crippen LogP) is 3.43. The number of carboxylic acid groups (broad SMARTS) is 1. The second-order valence-corrected chi connectivity index (χ2v) is 8.76. The van der Waals surface area contributed by atoms with E-state index in [0.717, 1.165) is 17.0 Å². The zero-order chi connectivity index (χ0) is 21.6. The van der Waals surface area contributed by atoms with Crippen molar-refractivity contribution in [1.82, 2.24) is 14.4 Å².